The third-order valence-electron chi connectivity index (χ3n) is 0. The van der Waals surface area contributed by atoms with Crippen LogP contribution in [0.1, 0.15) is 20.8 Å². The van der Waals surface area contributed by atoms with Gasteiger partial charge in [0.25, 0.3) is 0 Å². The van der Waals surface area contributed by atoms with Crippen molar-refractivity contribution in [2.75, 3.05) is 0 Å². The summed E-state index contributed by atoms with van der Waals surface area (Å²) in [5.41, 5.74) is -0.250. The van der Waals surface area contributed by atoms with Gasteiger partial charge in [-0.2, -0.15) is 0 Å². The summed E-state index contributed by atoms with van der Waals surface area (Å²) < 4.78 is 39.0. The lowest BCUT2D eigenvalue weighted by Crippen LogP contribution is -2.10. The molecule has 0 aromatic carbocycles. The molecule has 0 aromatic rings. The van der Waals surface area contributed by atoms with Crippen LogP contribution in [0.25, 0.3) is 0 Å². The van der Waals surface area contributed by atoms with Crippen LogP contribution in [-0.2, 0) is 0 Å². The highest BCUT2D eigenvalue weighted by Crippen LogP contribution is 2.06. The summed E-state index contributed by atoms with van der Waals surface area (Å²) in [5.74, 6) is 0. The van der Waals surface area contributed by atoms with Gasteiger partial charge in [0, 0.05) is 20.8 Å². The lowest BCUT2D eigenvalue weighted by molar-refractivity contribution is 0.102. The van der Waals surface area contributed by atoms with E-state index in [1.807, 2.05) is 20.8 Å². The molecule has 64 valence electrons. The van der Waals surface area contributed by atoms with Crippen LogP contribution in [0, 0.1) is 0 Å². The fourth-order valence-electron chi connectivity index (χ4n) is 0. The molecule has 2 N–H and O–H groups in total. The van der Waals surface area contributed by atoms with Gasteiger partial charge in [-0.1, -0.05) is 0 Å². The summed E-state index contributed by atoms with van der Waals surface area (Å²) in [6.45, 7) is 5.56. The van der Waals surface area contributed by atoms with Gasteiger partial charge in [0.15, 0.2) is 5.60 Å². The van der Waals surface area contributed by atoms with Gasteiger partial charge >= 0.3 is 7.25 Å². The Morgan fingerprint density at radius 3 is 1.00 bits per heavy atom. The van der Waals surface area contributed by atoms with Crippen molar-refractivity contribution in [3.05, 3.63) is 0 Å². The van der Waals surface area contributed by atoms with Gasteiger partial charge in [0.1, 0.15) is 0 Å². The Morgan fingerprint density at radius 1 is 1.00 bits per heavy atom. The Labute approximate surface area is 57.2 Å². The summed E-state index contributed by atoms with van der Waals surface area (Å²) in [5, 5.41) is 6.94. The minimum Gasteiger partial charge on any atom is -0.442 e. The average Bonchev–Trinajstić information content (AvgIpc) is 1.12. The second-order valence-corrected chi connectivity index (χ2v) is 2.74. The third kappa shape index (κ3) is 5420. The number of rotatable bonds is 0. The monoisotopic (exact) mass is 162 g/mol. The Hall–Kier alpha value is -0.255. The molecule has 0 fully saturated rings. The fourth-order valence-corrected chi connectivity index (χ4v) is 0. The first-order valence-electron chi connectivity index (χ1n) is 2.62. The van der Waals surface area contributed by atoms with Gasteiger partial charge in [-0.3, -0.25) is 0 Å². The SMILES string of the molecule is CC(C)(C)[OH2+].F[B-](F)(F)F. The minimum atomic E-state index is -6.00. The molecule has 0 unspecified atom stereocenters. The number of hydrogen-bond acceptors (Lipinski definition) is 0. The zero-order chi connectivity index (χ0) is 9.00. The molecule has 0 radical (unpaired) electrons. The van der Waals surface area contributed by atoms with Crippen LogP contribution in [0.2, 0.25) is 0 Å². The van der Waals surface area contributed by atoms with E-state index in [4.69, 9.17) is 5.11 Å². The molecule has 0 saturated carbocycles. The van der Waals surface area contributed by atoms with E-state index in [0.29, 0.717) is 0 Å². The zero-order valence-electron chi connectivity index (χ0n) is 6.09. The summed E-state index contributed by atoms with van der Waals surface area (Å²) in [6.07, 6.45) is 0. The topological polar surface area (TPSA) is 22.9 Å². The number of hydrogen-bond donors (Lipinski definition) is 0. The van der Waals surface area contributed by atoms with Crippen molar-refractivity contribution in [1.29, 1.82) is 0 Å². The molecule has 0 amide bonds. The largest absolute Gasteiger partial charge is 0.673 e. The van der Waals surface area contributed by atoms with E-state index >= 15 is 0 Å². The van der Waals surface area contributed by atoms with Crippen LogP contribution in [0.4, 0.5) is 17.3 Å². The first kappa shape index (κ1) is 12.4. The maximum atomic E-state index is 9.75. The predicted molar refractivity (Wildman–Crippen MR) is 33.6 cm³/mol. The van der Waals surface area contributed by atoms with Crippen molar-refractivity contribution >= 4 is 7.25 Å². The van der Waals surface area contributed by atoms with Gasteiger partial charge < -0.3 is 22.4 Å². The smallest absolute Gasteiger partial charge is 0.442 e. The quantitative estimate of drug-likeness (QED) is 0.294. The van der Waals surface area contributed by atoms with Crippen LogP contribution in [-0.4, -0.2) is 18.0 Å². The molecule has 0 atom stereocenters. The molecule has 6 heteroatoms. The van der Waals surface area contributed by atoms with Crippen LogP contribution in [0.15, 0.2) is 0 Å². The molecule has 0 bridgehead atoms. The molecule has 10 heavy (non-hydrogen) atoms. The standard InChI is InChI=1S/C4H10O.BF4/c1-4(2,3)5;2-1(3,4)5/h5H,1-3H3;/q;-1/p+1. The van der Waals surface area contributed by atoms with Crippen molar-refractivity contribution in [2.45, 2.75) is 26.4 Å². The highest BCUT2D eigenvalue weighted by Gasteiger charge is 2.20. The van der Waals surface area contributed by atoms with E-state index in [-0.39, 0.29) is 5.60 Å². The normalized spacial score (nSPS) is 12.0. The first-order valence-corrected chi connectivity index (χ1v) is 2.62. The minimum absolute atomic E-state index is 0.250. The van der Waals surface area contributed by atoms with Crippen LogP contribution >= 0.6 is 0 Å². The van der Waals surface area contributed by atoms with Gasteiger partial charge in [-0.05, 0) is 0 Å². The van der Waals surface area contributed by atoms with E-state index < -0.39 is 7.25 Å². The van der Waals surface area contributed by atoms with Crippen LogP contribution < -0.4 is 0 Å². The summed E-state index contributed by atoms with van der Waals surface area (Å²) in [6, 6.07) is 0. The molecule has 0 rings (SSSR count). The fraction of sp³-hybridized carbons (Fsp3) is 1.00. The van der Waals surface area contributed by atoms with Gasteiger partial charge in [0.2, 0.25) is 0 Å². The first-order chi connectivity index (χ1) is 4.00. The van der Waals surface area contributed by atoms with Crippen LogP contribution in [0.5, 0.6) is 0 Å². The van der Waals surface area contributed by atoms with E-state index in [1.165, 1.54) is 0 Å². The maximum absolute atomic E-state index is 9.75. The summed E-state index contributed by atoms with van der Waals surface area (Å²) in [7, 11) is -6.00. The molecule has 0 spiro atoms. The maximum Gasteiger partial charge on any atom is 0.673 e. The second-order valence-electron chi connectivity index (χ2n) is 2.74. The molecule has 0 aliphatic carbocycles. The molecule has 1 nitrogen and oxygen atoms in total. The molecule has 0 aromatic heterocycles. The lowest BCUT2D eigenvalue weighted by atomic mass is 10.2. The highest BCUT2D eigenvalue weighted by molar-refractivity contribution is 6.50. The Morgan fingerprint density at radius 2 is 1.00 bits per heavy atom. The molecule has 0 saturated heterocycles. The molecular formula is C4H11BF4O. The predicted octanol–water partition coefficient (Wildman–Crippen LogP) is 1.81. The van der Waals surface area contributed by atoms with Crippen molar-refractivity contribution < 1.29 is 22.4 Å². The highest BCUT2D eigenvalue weighted by atomic mass is 19.5. The molecule has 0 aliphatic rings. The molecule has 0 heterocycles. The Bertz CT molecular complexity index is 60.2. The van der Waals surface area contributed by atoms with Gasteiger partial charge in [-0.25, -0.2) is 0 Å². The van der Waals surface area contributed by atoms with Crippen molar-refractivity contribution in [3.8, 4) is 0 Å². The average molecular weight is 162 g/mol. The molecular weight excluding hydrogens is 151 g/mol. The second kappa shape index (κ2) is 3.80. The summed E-state index contributed by atoms with van der Waals surface area (Å²) in [4.78, 5) is 0. The van der Waals surface area contributed by atoms with Crippen molar-refractivity contribution in [1.82, 2.24) is 0 Å². The third-order valence-corrected chi connectivity index (χ3v) is 0. The zero-order valence-corrected chi connectivity index (χ0v) is 6.09. The Balaban J connectivity index is 0. The van der Waals surface area contributed by atoms with E-state index in [1.54, 1.807) is 0 Å². The van der Waals surface area contributed by atoms with E-state index in [9.17, 15) is 17.3 Å². The van der Waals surface area contributed by atoms with E-state index in [0.717, 1.165) is 0 Å². The van der Waals surface area contributed by atoms with Crippen molar-refractivity contribution in [3.63, 3.8) is 0 Å². The van der Waals surface area contributed by atoms with E-state index in [2.05, 4.69) is 0 Å². The van der Waals surface area contributed by atoms with Gasteiger partial charge in [-0.15, -0.1) is 0 Å². The van der Waals surface area contributed by atoms with Gasteiger partial charge in [0.05, 0.1) is 0 Å². The van der Waals surface area contributed by atoms with Crippen LogP contribution in [0.3, 0.4) is 0 Å². The van der Waals surface area contributed by atoms with Crippen molar-refractivity contribution in [2.24, 2.45) is 0 Å². The number of halogens is 4. The lowest BCUT2D eigenvalue weighted by Gasteiger charge is -1.99. The summed E-state index contributed by atoms with van der Waals surface area (Å²) >= 11 is 0. The molecule has 0 aliphatic heterocycles. The Kier molecular flexibility index (Phi) is 4.72.